The minimum Gasteiger partial charge on any atom is -0.611 e. The topological polar surface area (TPSA) is 160 Å². The second-order valence-corrected chi connectivity index (χ2v) is 11.6. The van der Waals surface area contributed by atoms with Crippen LogP contribution in [0.4, 0.5) is 0 Å². The SMILES string of the molecule is COc1cc([S+]([O-])CC(O)CN2CCN(CC(O)Cn3c(=O)c4c(ncn4C)n(C)c3=O)CC2)cc(OC)c1OC. The molecular formula is C26H38N6O8S. The molecule has 1 saturated heterocycles. The number of nitrogens with zero attached hydrogens (tertiary/aromatic N) is 6. The zero-order valence-electron chi connectivity index (χ0n) is 24.0. The van der Waals surface area contributed by atoms with Crippen molar-refractivity contribution in [1.82, 2.24) is 28.5 Å². The third-order valence-electron chi connectivity index (χ3n) is 7.24. The number of benzene rings is 1. The Morgan fingerprint density at radius 1 is 0.927 bits per heavy atom. The average Bonchev–Trinajstić information content (AvgIpc) is 3.35. The molecule has 3 aromatic rings. The molecule has 1 fully saturated rings. The van der Waals surface area contributed by atoms with Crippen molar-refractivity contribution < 1.29 is 29.0 Å². The predicted octanol–water partition coefficient (Wildman–Crippen LogP) is -1.39. The second kappa shape index (κ2) is 13.3. The molecule has 0 aliphatic carbocycles. The summed E-state index contributed by atoms with van der Waals surface area (Å²) < 4.78 is 32.9. The van der Waals surface area contributed by atoms with Gasteiger partial charge in [-0.15, -0.1) is 0 Å². The van der Waals surface area contributed by atoms with E-state index in [9.17, 15) is 24.4 Å². The number of rotatable bonds is 12. The maximum Gasteiger partial charge on any atom is 0.332 e. The Morgan fingerprint density at radius 3 is 2.02 bits per heavy atom. The highest BCUT2D eigenvalue weighted by molar-refractivity contribution is 7.91. The number of aliphatic hydroxyl groups excluding tert-OH is 2. The van der Waals surface area contributed by atoms with Gasteiger partial charge in [-0.1, -0.05) is 0 Å². The van der Waals surface area contributed by atoms with Gasteiger partial charge in [0.15, 0.2) is 27.6 Å². The molecule has 3 heterocycles. The second-order valence-electron chi connectivity index (χ2n) is 10.1. The fourth-order valence-electron chi connectivity index (χ4n) is 5.09. The molecule has 2 aromatic heterocycles. The summed E-state index contributed by atoms with van der Waals surface area (Å²) in [5.41, 5.74) is -0.399. The van der Waals surface area contributed by atoms with Crippen LogP contribution in [0.2, 0.25) is 0 Å². The van der Waals surface area contributed by atoms with E-state index in [1.54, 1.807) is 30.8 Å². The van der Waals surface area contributed by atoms with Crippen LogP contribution in [0.15, 0.2) is 32.9 Å². The van der Waals surface area contributed by atoms with Gasteiger partial charge in [0.2, 0.25) is 5.75 Å². The van der Waals surface area contributed by atoms with Crippen LogP contribution >= 0.6 is 0 Å². The molecule has 3 unspecified atom stereocenters. The Kier molecular flexibility index (Phi) is 9.99. The molecule has 0 spiro atoms. The fraction of sp³-hybridized carbons (Fsp3) is 0.577. The lowest BCUT2D eigenvalue weighted by atomic mass is 10.2. The molecule has 0 radical (unpaired) electrons. The highest BCUT2D eigenvalue weighted by atomic mass is 32.2. The largest absolute Gasteiger partial charge is 0.611 e. The first kappa shape index (κ1) is 30.9. The Hall–Kier alpha value is -3.08. The van der Waals surface area contributed by atoms with Crippen LogP contribution in [-0.4, -0.2) is 122 Å². The van der Waals surface area contributed by atoms with Crippen LogP contribution in [0.3, 0.4) is 0 Å². The average molecular weight is 595 g/mol. The van der Waals surface area contributed by atoms with Gasteiger partial charge < -0.3 is 33.5 Å². The number of aryl methyl sites for hydroxylation is 2. The van der Waals surface area contributed by atoms with Crippen molar-refractivity contribution in [3.8, 4) is 17.2 Å². The van der Waals surface area contributed by atoms with Crippen molar-refractivity contribution >= 4 is 22.3 Å². The third kappa shape index (κ3) is 6.71. The minimum absolute atomic E-state index is 0.0439. The lowest BCUT2D eigenvalue weighted by Gasteiger charge is -2.36. The number of fused-ring (bicyclic) bond motifs is 1. The van der Waals surface area contributed by atoms with Crippen molar-refractivity contribution in [3.63, 3.8) is 0 Å². The number of methoxy groups -OCH3 is 3. The van der Waals surface area contributed by atoms with Gasteiger partial charge in [0.05, 0.1) is 40.3 Å². The number of hydrogen-bond acceptors (Lipinski definition) is 11. The van der Waals surface area contributed by atoms with Crippen LogP contribution in [0.5, 0.6) is 17.2 Å². The molecule has 1 aliphatic rings. The summed E-state index contributed by atoms with van der Waals surface area (Å²) in [4.78, 5) is 34.4. The summed E-state index contributed by atoms with van der Waals surface area (Å²) in [6.07, 6.45) is -0.269. The first-order valence-electron chi connectivity index (χ1n) is 13.2. The number of aromatic nitrogens is 4. The molecule has 3 atom stereocenters. The van der Waals surface area contributed by atoms with E-state index in [0.717, 1.165) is 4.57 Å². The molecule has 0 saturated carbocycles. The maximum atomic E-state index is 13.0. The zero-order valence-corrected chi connectivity index (χ0v) is 24.8. The van der Waals surface area contributed by atoms with Crippen LogP contribution in [0.25, 0.3) is 11.2 Å². The molecule has 14 nitrogen and oxygen atoms in total. The Balaban J connectivity index is 1.28. The summed E-state index contributed by atoms with van der Waals surface area (Å²) in [5, 5.41) is 21.4. The summed E-state index contributed by atoms with van der Waals surface area (Å²) >= 11 is -1.50. The van der Waals surface area contributed by atoms with Crippen molar-refractivity contribution in [1.29, 1.82) is 0 Å². The van der Waals surface area contributed by atoms with Crippen LogP contribution < -0.4 is 25.5 Å². The lowest BCUT2D eigenvalue weighted by molar-refractivity contribution is 0.0475. The quantitative estimate of drug-likeness (QED) is 0.238. The number of aliphatic hydroxyl groups is 2. The van der Waals surface area contributed by atoms with Crippen LogP contribution in [-0.2, 0) is 31.8 Å². The number of ether oxygens (including phenoxy) is 3. The van der Waals surface area contributed by atoms with Crippen molar-refractivity contribution in [3.05, 3.63) is 39.3 Å². The Bertz CT molecular complexity index is 1440. The summed E-state index contributed by atoms with van der Waals surface area (Å²) in [6, 6.07) is 3.24. The van der Waals surface area contributed by atoms with Crippen molar-refractivity contribution in [2.24, 2.45) is 14.1 Å². The van der Waals surface area contributed by atoms with E-state index in [4.69, 9.17) is 14.2 Å². The first-order chi connectivity index (χ1) is 19.6. The van der Waals surface area contributed by atoms with Gasteiger partial charge >= 0.3 is 5.69 Å². The molecule has 1 aliphatic heterocycles. The standard InChI is InChI=1S/C26H38N6O8S/c1-28-16-27-24-22(28)25(35)32(26(36)29(24)2)14-17(33)12-30-6-8-31(9-7-30)13-18(34)15-41(37)19-10-20(38-3)23(40-5)21(11-19)39-4/h10-11,16-18,33-34H,6-9,12-15H2,1-5H3. The van der Waals surface area contributed by atoms with Gasteiger partial charge in [0, 0.05) is 65.5 Å². The Labute approximate surface area is 240 Å². The van der Waals surface area contributed by atoms with E-state index in [1.807, 2.05) is 0 Å². The molecule has 0 amide bonds. The number of hydrogen-bond donors (Lipinski definition) is 2. The van der Waals surface area contributed by atoms with E-state index in [-0.39, 0.29) is 12.3 Å². The zero-order chi connectivity index (χ0) is 29.8. The van der Waals surface area contributed by atoms with Gasteiger partial charge in [0.25, 0.3) is 5.56 Å². The molecule has 2 N–H and O–H groups in total. The highest BCUT2D eigenvalue weighted by Gasteiger charge is 2.26. The van der Waals surface area contributed by atoms with E-state index in [0.29, 0.717) is 72.6 Å². The van der Waals surface area contributed by atoms with Gasteiger partial charge in [0.1, 0.15) is 11.9 Å². The van der Waals surface area contributed by atoms with Gasteiger partial charge in [-0.2, -0.15) is 0 Å². The molecule has 1 aromatic carbocycles. The Morgan fingerprint density at radius 2 is 1.49 bits per heavy atom. The minimum atomic E-state index is -1.50. The van der Waals surface area contributed by atoms with E-state index in [2.05, 4.69) is 14.8 Å². The van der Waals surface area contributed by atoms with Gasteiger partial charge in [-0.3, -0.25) is 23.7 Å². The summed E-state index contributed by atoms with van der Waals surface area (Å²) in [6.45, 7) is 3.06. The molecule has 15 heteroatoms. The summed E-state index contributed by atoms with van der Waals surface area (Å²) in [5.74, 6) is 1.24. The molecule has 0 bridgehead atoms. The van der Waals surface area contributed by atoms with Crippen molar-refractivity contribution in [2.45, 2.75) is 23.6 Å². The summed E-state index contributed by atoms with van der Waals surface area (Å²) in [7, 11) is 7.70. The molecular weight excluding hydrogens is 556 g/mol. The molecule has 226 valence electrons. The van der Waals surface area contributed by atoms with Gasteiger partial charge in [-0.25, -0.2) is 9.78 Å². The lowest BCUT2D eigenvalue weighted by Crippen LogP contribution is -2.52. The molecule has 4 rings (SSSR count). The van der Waals surface area contributed by atoms with Crippen molar-refractivity contribution in [2.75, 3.05) is 66.4 Å². The highest BCUT2D eigenvalue weighted by Crippen LogP contribution is 2.39. The van der Waals surface area contributed by atoms with Crippen LogP contribution in [0.1, 0.15) is 0 Å². The third-order valence-corrected chi connectivity index (χ3v) is 8.69. The number of imidazole rings is 1. The monoisotopic (exact) mass is 594 g/mol. The van der Waals surface area contributed by atoms with E-state index in [1.165, 1.54) is 32.2 Å². The van der Waals surface area contributed by atoms with Gasteiger partial charge in [-0.05, 0) is 11.2 Å². The predicted molar refractivity (Wildman–Crippen MR) is 152 cm³/mol. The molecule has 41 heavy (non-hydrogen) atoms. The maximum absolute atomic E-state index is 13.0. The van der Waals surface area contributed by atoms with Crippen LogP contribution in [0, 0.1) is 0 Å². The number of piperazine rings is 1. The normalized spacial score (nSPS) is 17.0. The number of β-amino-alcohol motifs (C(OH)–C–C–N with tert-alkyl or cyclic N) is 2. The van der Waals surface area contributed by atoms with E-state index >= 15 is 0 Å². The first-order valence-corrected chi connectivity index (χ1v) is 14.5. The smallest absolute Gasteiger partial charge is 0.332 e. The fourth-order valence-corrected chi connectivity index (χ4v) is 6.21. The van der Waals surface area contributed by atoms with E-state index < -0.39 is 34.6 Å².